The summed E-state index contributed by atoms with van der Waals surface area (Å²) in [7, 11) is 0. The number of hydrogen-bond donors (Lipinski definition) is 1. The summed E-state index contributed by atoms with van der Waals surface area (Å²) >= 11 is 6.02. The van der Waals surface area contributed by atoms with Gasteiger partial charge in [-0.2, -0.15) is 0 Å². The predicted molar refractivity (Wildman–Crippen MR) is 104 cm³/mol. The minimum Gasteiger partial charge on any atom is -0.480 e. The summed E-state index contributed by atoms with van der Waals surface area (Å²) in [6.07, 6.45) is 3.94. The molecule has 1 atom stereocenters. The average Bonchev–Trinajstić information content (AvgIpc) is 3.06. The van der Waals surface area contributed by atoms with Crippen LogP contribution in [0.2, 0.25) is 5.02 Å². The Morgan fingerprint density at radius 2 is 2.00 bits per heavy atom. The Labute approximate surface area is 159 Å². The molecule has 4 rings (SSSR count). The Morgan fingerprint density at radius 3 is 2.85 bits per heavy atom. The van der Waals surface area contributed by atoms with E-state index in [1.807, 2.05) is 24.3 Å². The van der Waals surface area contributed by atoms with Crippen molar-refractivity contribution in [3.05, 3.63) is 58.6 Å². The first-order chi connectivity index (χ1) is 12.7. The maximum absolute atomic E-state index is 12.6. The number of ether oxygens (including phenoxy) is 1. The van der Waals surface area contributed by atoms with Gasteiger partial charge in [-0.05, 0) is 67.4 Å². The van der Waals surface area contributed by atoms with E-state index in [9.17, 15) is 4.79 Å². The van der Waals surface area contributed by atoms with Crippen molar-refractivity contribution >= 4 is 23.2 Å². The van der Waals surface area contributed by atoms with Crippen molar-refractivity contribution in [2.45, 2.75) is 38.3 Å². The topological polar surface area (TPSA) is 41.6 Å². The highest BCUT2D eigenvalue weighted by Gasteiger charge is 2.29. The largest absolute Gasteiger partial charge is 0.480 e. The second kappa shape index (κ2) is 7.68. The molecule has 2 aliphatic heterocycles. The zero-order valence-electron chi connectivity index (χ0n) is 14.7. The van der Waals surface area contributed by atoms with Crippen LogP contribution in [0.1, 0.15) is 30.4 Å². The molecule has 0 spiro atoms. The van der Waals surface area contributed by atoms with Crippen LogP contribution < -0.4 is 10.1 Å². The monoisotopic (exact) mass is 370 g/mol. The molecule has 0 bridgehead atoms. The zero-order chi connectivity index (χ0) is 17.9. The highest BCUT2D eigenvalue weighted by molar-refractivity contribution is 6.30. The van der Waals surface area contributed by atoms with Gasteiger partial charge in [0.15, 0.2) is 6.10 Å². The van der Waals surface area contributed by atoms with Crippen molar-refractivity contribution in [2.75, 3.05) is 18.4 Å². The average molecular weight is 371 g/mol. The molecule has 1 unspecified atom stereocenters. The number of nitrogens with one attached hydrogen (secondary N) is 1. The van der Waals surface area contributed by atoms with Crippen LogP contribution in [0.15, 0.2) is 42.5 Å². The van der Waals surface area contributed by atoms with E-state index in [-0.39, 0.29) is 5.91 Å². The van der Waals surface area contributed by atoms with Gasteiger partial charge in [0.1, 0.15) is 5.75 Å². The Balaban J connectivity index is 1.38. The minimum atomic E-state index is -0.505. The first kappa shape index (κ1) is 17.4. The number of anilines is 1. The maximum atomic E-state index is 12.6. The third-order valence-electron chi connectivity index (χ3n) is 5.04. The lowest BCUT2D eigenvalue weighted by Gasteiger charge is -2.26. The van der Waals surface area contributed by atoms with Gasteiger partial charge >= 0.3 is 0 Å². The van der Waals surface area contributed by atoms with Gasteiger partial charge in [-0.15, -0.1) is 0 Å². The molecule has 0 aromatic heterocycles. The molecule has 136 valence electrons. The molecule has 0 radical (unpaired) electrons. The van der Waals surface area contributed by atoms with Crippen LogP contribution in [-0.2, 0) is 17.8 Å². The van der Waals surface area contributed by atoms with E-state index < -0.39 is 6.10 Å². The summed E-state index contributed by atoms with van der Waals surface area (Å²) in [6.45, 7) is 3.26. The van der Waals surface area contributed by atoms with Crippen molar-refractivity contribution in [3.63, 3.8) is 0 Å². The van der Waals surface area contributed by atoms with Gasteiger partial charge in [0, 0.05) is 23.7 Å². The molecule has 0 saturated carbocycles. The molecule has 1 saturated heterocycles. The van der Waals surface area contributed by atoms with Crippen molar-refractivity contribution in [2.24, 2.45) is 0 Å². The number of halogens is 1. The van der Waals surface area contributed by atoms with Crippen molar-refractivity contribution in [1.82, 2.24) is 4.90 Å². The Bertz CT molecular complexity index is 802. The lowest BCUT2D eigenvalue weighted by Crippen LogP contribution is -2.31. The second-order valence-electron chi connectivity index (χ2n) is 7.09. The second-order valence-corrected chi connectivity index (χ2v) is 7.53. The van der Waals surface area contributed by atoms with E-state index in [0.717, 1.165) is 36.6 Å². The number of piperidine rings is 1. The molecule has 26 heavy (non-hydrogen) atoms. The Kier molecular flexibility index (Phi) is 5.14. The first-order valence-electron chi connectivity index (χ1n) is 9.25. The summed E-state index contributed by atoms with van der Waals surface area (Å²) in [6, 6.07) is 13.6. The number of benzene rings is 2. The summed E-state index contributed by atoms with van der Waals surface area (Å²) in [5, 5.41) is 3.66. The molecule has 4 nitrogen and oxygen atoms in total. The molecule has 2 heterocycles. The van der Waals surface area contributed by atoms with Gasteiger partial charge < -0.3 is 10.1 Å². The van der Waals surface area contributed by atoms with Crippen LogP contribution in [0, 0.1) is 0 Å². The lowest BCUT2D eigenvalue weighted by atomic mass is 10.1. The number of carbonyl (C=O) groups is 1. The normalized spacial score (nSPS) is 19.7. The zero-order valence-corrected chi connectivity index (χ0v) is 15.5. The van der Waals surface area contributed by atoms with E-state index in [1.165, 1.54) is 24.8 Å². The van der Waals surface area contributed by atoms with Crippen LogP contribution >= 0.6 is 11.6 Å². The smallest absolute Gasteiger partial charge is 0.265 e. The fourth-order valence-electron chi connectivity index (χ4n) is 3.71. The van der Waals surface area contributed by atoms with E-state index in [2.05, 4.69) is 22.3 Å². The number of hydrogen-bond acceptors (Lipinski definition) is 3. The van der Waals surface area contributed by atoms with Gasteiger partial charge in [-0.25, -0.2) is 0 Å². The molecular formula is C21H23ClN2O2. The van der Waals surface area contributed by atoms with Gasteiger partial charge in [-0.1, -0.05) is 30.2 Å². The molecule has 0 aliphatic carbocycles. The minimum absolute atomic E-state index is 0.118. The van der Waals surface area contributed by atoms with Crippen LogP contribution in [0.25, 0.3) is 0 Å². The number of rotatable bonds is 4. The predicted octanol–water partition coefficient (Wildman–Crippen LogP) is 4.27. The molecular weight excluding hydrogens is 348 g/mol. The van der Waals surface area contributed by atoms with Gasteiger partial charge in [0.25, 0.3) is 5.91 Å². The van der Waals surface area contributed by atoms with Gasteiger partial charge in [0.2, 0.25) is 0 Å². The van der Waals surface area contributed by atoms with E-state index >= 15 is 0 Å². The first-order valence-corrected chi connectivity index (χ1v) is 9.62. The van der Waals surface area contributed by atoms with E-state index in [0.29, 0.717) is 11.4 Å². The molecule has 2 aliphatic rings. The fraction of sp³-hybridized carbons (Fsp3) is 0.381. The number of carbonyl (C=O) groups excluding carboxylic acids is 1. The Hall–Kier alpha value is -2.04. The van der Waals surface area contributed by atoms with E-state index in [4.69, 9.17) is 16.3 Å². The third-order valence-corrected chi connectivity index (χ3v) is 5.27. The summed E-state index contributed by atoms with van der Waals surface area (Å²) in [5.74, 6) is 0.626. The molecule has 1 fully saturated rings. The van der Waals surface area contributed by atoms with Crippen molar-refractivity contribution in [1.29, 1.82) is 0 Å². The summed E-state index contributed by atoms with van der Waals surface area (Å²) in [5.41, 5.74) is 3.03. The van der Waals surface area contributed by atoms with E-state index in [1.54, 1.807) is 6.07 Å². The van der Waals surface area contributed by atoms with Crippen LogP contribution in [0.3, 0.4) is 0 Å². The number of amides is 1. The van der Waals surface area contributed by atoms with Gasteiger partial charge in [0.05, 0.1) is 0 Å². The standard InChI is InChI=1S/C21H23ClN2O2/c22-17-7-8-19-16(12-17)13-20(26-19)21(25)23-18-6-4-5-15(11-18)14-24-9-2-1-3-10-24/h4-8,11-12,20H,1-3,9-10,13-14H2,(H,23,25). The third kappa shape index (κ3) is 4.02. The SMILES string of the molecule is O=C(Nc1cccc(CN2CCCCC2)c1)C1Cc2cc(Cl)ccc2O1. The van der Waals surface area contributed by atoms with Crippen LogP contribution in [0.5, 0.6) is 5.75 Å². The highest BCUT2D eigenvalue weighted by atomic mass is 35.5. The molecule has 2 aromatic rings. The molecule has 5 heteroatoms. The number of fused-ring (bicyclic) bond motifs is 1. The maximum Gasteiger partial charge on any atom is 0.265 e. The van der Waals surface area contributed by atoms with Crippen molar-refractivity contribution < 1.29 is 9.53 Å². The number of likely N-dealkylation sites (tertiary alicyclic amines) is 1. The molecule has 1 N–H and O–H groups in total. The highest BCUT2D eigenvalue weighted by Crippen LogP contribution is 2.31. The lowest BCUT2D eigenvalue weighted by molar-refractivity contribution is -0.122. The Morgan fingerprint density at radius 1 is 1.15 bits per heavy atom. The van der Waals surface area contributed by atoms with Crippen LogP contribution in [-0.4, -0.2) is 30.0 Å². The molecule has 2 aromatic carbocycles. The van der Waals surface area contributed by atoms with Crippen molar-refractivity contribution in [3.8, 4) is 5.75 Å². The van der Waals surface area contributed by atoms with Crippen LogP contribution in [0.4, 0.5) is 5.69 Å². The quantitative estimate of drug-likeness (QED) is 0.873. The molecule has 1 amide bonds. The number of nitrogens with zero attached hydrogens (tertiary/aromatic N) is 1. The summed E-state index contributed by atoms with van der Waals surface area (Å²) in [4.78, 5) is 15.1. The van der Waals surface area contributed by atoms with Gasteiger partial charge in [-0.3, -0.25) is 9.69 Å². The summed E-state index contributed by atoms with van der Waals surface area (Å²) < 4.78 is 5.77. The fourth-order valence-corrected chi connectivity index (χ4v) is 3.90.